The summed E-state index contributed by atoms with van der Waals surface area (Å²) in [5.74, 6) is -0.274. The van der Waals surface area contributed by atoms with E-state index < -0.39 is 6.03 Å². The number of halogens is 1. The van der Waals surface area contributed by atoms with E-state index in [1.165, 1.54) is 14.0 Å². The predicted octanol–water partition coefficient (Wildman–Crippen LogP) is 0.524. The van der Waals surface area contributed by atoms with Gasteiger partial charge >= 0.3 is 6.03 Å². The Bertz CT molecular complexity index is 137. The van der Waals surface area contributed by atoms with Gasteiger partial charge in [0, 0.05) is 14.0 Å². The Morgan fingerprint density at radius 3 is 2.11 bits per heavy atom. The predicted molar refractivity (Wildman–Crippen MR) is 41.0 cm³/mol. The molecule has 0 heterocycles. The second-order valence-electron chi connectivity index (χ2n) is 1.48. The third kappa shape index (κ3) is 2.64. The summed E-state index contributed by atoms with van der Waals surface area (Å²) in [6, 6.07) is -0.400. The fraction of sp³-hybridized carbons (Fsp3) is 0.500. The van der Waals surface area contributed by atoms with Gasteiger partial charge in [0.1, 0.15) is 0 Å². The lowest BCUT2D eigenvalue weighted by atomic mass is 10.6. The molecule has 52 valence electrons. The Morgan fingerprint density at radius 2 is 2.00 bits per heavy atom. The molecule has 0 aliphatic heterocycles. The largest absolute Gasteiger partial charge is 0.332 e. The first-order valence-corrected chi connectivity index (χ1v) is 3.32. The van der Waals surface area contributed by atoms with Gasteiger partial charge in [-0.1, -0.05) is 0 Å². The zero-order chi connectivity index (χ0) is 7.44. The van der Waals surface area contributed by atoms with E-state index in [0.717, 1.165) is 4.90 Å². The Kier molecular flexibility index (Phi) is 3.52. The van der Waals surface area contributed by atoms with E-state index in [4.69, 9.17) is 0 Å². The standard InChI is InChI=1S/C4H7IN2O2/c1-3(8)7(2)4(9)6-5/h1-2H3,(H,6,9). The third-order valence-electron chi connectivity index (χ3n) is 0.858. The number of urea groups is 1. The molecule has 0 aromatic rings. The lowest BCUT2D eigenvalue weighted by Crippen LogP contribution is -2.35. The molecule has 0 rings (SSSR count). The highest BCUT2D eigenvalue weighted by Crippen LogP contribution is 1.85. The molecule has 0 aliphatic carbocycles. The highest BCUT2D eigenvalue weighted by atomic mass is 127. The second kappa shape index (κ2) is 3.65. The summed E-state index contributed by atoms with van der Waals surface area (Å²) in [7, 11) is 1.41. The van der Waals surface area contributed by atoms with E-state index in [-0.39, 0.29) is 5.91 Å². The number of hydrogen-bond donors (Lipinski definition) is 1. The monoisotopic (exact) mass is 242 g/mol. The summed E-state index contributed by atoms with van der Waals surface area (Å²) in [5, 5.41) is 0. The maximum Gasteiger partial charge on any atom is 0.332 e. The molecular formula is C4H7IN2O2. The van der Waals surface area contributed by atoms with Gasteiger partial charge in [0.2, 0.25) is 5.91 Å². The zero-order valence-corrected chi connectivity index (χ0v) is 7.30. The van der Waals surface area contributed by atoms with Crippen LogP contribution in [0.2, 0.25) is 0 Å². The van der Waals surface area contributed by atoms with Crippen molar-refractivity contribution in [2.24, 2.45) is 0 Å². The van der Waals surface area contributed by atoms with Crippen LogP contribution in [0.15, 0.2) is 0 Å². The first kappa shape index (κ1) is 8.67. The first-order chi connectivity index (χ1) is 4.09. The molecule has 0 spiro atoms. The van der Waals surface area contributed by atoms with Crippen molar-refractivity contribution in [2.75, 3.05) is 7.05 Å². The number of nitrogens with one attached hydrogen (secondary N) is 1. The highest BCUT2D eigenvalue weighted by molar-refractivity contribution is 14.1. The second-order valence-corrected chi connectivity index (χ2v) is 2.02. The molecule has 0 saturated heterocycles. The van der Waals surface area contributed by atoms with Crippen LogP contribution < -0.4 is 3.53 Å². The van der Waals surface area contributed by atoms with Crippen LogP contribution in [0.3, 0.4) is 0 Å². The number of carbonyl (C=O) groups excluding carboxylic acids is 2. The van der Waals surface area contributed by atoms with Crippen LogP contribution in [0.1, 0.15) is 6.92 Å². The van der Waals surface area contributed by atoms with E-state index in [9.17, 15) is 9.59 Å². The number of hydrogen-bond acceptors (Lipinski definition) is 2. The average Bonchev–Trinajstić information content (AvgIpc) is 1.84. The number of imide groups is 1. The van der Waals surface area contributed by atoms with Crippen molar-refractivity contribution in [2.45, 2.75) is 6.92 Å². The number of nitrogens with zero attached hydrogens (tertiary/aromatic N) is 1. The molecule has 0 aliphatic rings. The fourth-order valence-corrected chi connectivity index (χ4v) is 0.568. The SMILES string of the molecule is CC(=O)N(C)C(=O)NI. The zero-order valence-electron chi connectivity index (χ0n) is 5.14. The molecule has 9 heavy (non-hydrogen) atoms. The number of rotatable bonds is 0. The van der Waals surface area contributed by atoms with Crippen LogP contribution in [0.25, 0.3) is 0 Å². The van der Waals surface area contributed by atoms with Gasteiger partial charge in [0.25, 0.3) is 0 Å². The first-order valence-electron chi connectivity index (χ1n) is 2.24. The third-order valence-corrected chi connectivity index (χ3v) is 1.32. The molecule has 0 atom stereocenters. The lowest BCUT2D eigenvalue weighted by Gasteiger charge is -2.09. The maximum absolute atomic E-state index is 10.5. The molecule has 0 unspecified atom stereocenters. The van der Waals surface area contributed by atoms with Crippen LogP contribution in [0, 0.1) is 0 Å². The van der Waals surface area contributed by atoms with Gasteiger partial charge < -0.3 is 0 Å². The van der Waals surface area contributed by atoms with E-state index in [1.54, 1.807) is 22.9 Å². The van der Waals surface area contributed by atoms with Gasteiger partial charge in [0.05, 0.1) is 22.9 Å². The van der Waals surface area contributed by atoms with Crippen molar-refractivity contribution in [3.63, 3.8) is 0 Å². The molecule has 0 saturated carbocycles. The Labute approximate surface area is 67.1 Å². The van der Waals surface area contributed by atoms with E-state index in [1.807, 2.05) is 0 Å². The molecular weight excluding hydrogens is 235 g/mol. The van der Waals surface area contributed by atoms with Crippen molar-refractivity contribution < 1.29 is 9.59 Å². The van der Waals surface area contributed by atoms with Crippen molar-refractivity contribution >= 4 is 34.8 Å². The fourth-order valence-electron chi connectivity index (χ4n) is 0.206. The van der Waals surface area contributed by atoms with Crippen LogP contribution in [-0.2, 0) is 4.79 Å². The van der Waals surface area contributed by atoms with Crippen molar-refractivity contribution in [1.82, 2.24) is 8.43 Å². The lowest BCUT2D eigenvalue weighted by molar-refractivity contribution is -0.124. The number of amides is 3. The molecule has 1 N–H and O–H groups in total. The van der Waals surface area contributed by atoms with Crippen molar-refractivity contribution in [1.29, 1.82) is 0 Å². The van der Waals surface area contributed by atoms with Crippen molar-refractivity contribution in [3.8, 4) is 0 Å². The van der Waals surface area contributed by atoms with Crippen molar-refractivity contribution in [3.05, 3.63) is 0 Å². The summed E-state index contributed by atoms with van der Waals surface area (Å²) >= 11 is 1.67. The molecule has 0 aromatic heterocycles. The summed E-state index contributed by atoms with van der Waals surface area (Å²) in [5.41, 5.74) is 0. The van der Waals surface area contributed by atoms with Crippen LogP contribution in [0.4, 0.5) is 4.79 Å². The summed E-state index contributed by atoms with van der Waals surface area (Å²) in [6.07, 6.45) is 0. The van der Waals surface area contributed by atoms with Gasteiger partial charge in [-0.15, -0.1) is 0 Å². The molecule has 0 fully saturated rings. The quantitative estimate of drug-likeness (QED) is 0.497. The molecule has 0 radical (unpaired) electrons. The highest BCUT2D eigenvalue weighted by Gasteiger charge is 2.09. The van der Waals surface area contributed by atoms with E-state index >= 15 is 0 Å². The van der Waals surface area contributed by atoms with E-state index in [2.05, 4.69) is 3.53 Å². The van der Waals surface area contributed by atoms with Crippen LogP contribution in [0.5, 0.6) is 0 Å². The van der Waals surface area contributed by atoms with Crippen LogP contribution >= 0.6 is 22.9 Å². The number of carbonyl (C=O) groups is 2. The van der Waals surface area contributed by atoms with Gasteiger partial charge in [-0.3, -0.25) is 13.2 Å². The van der Waals surface area contributed by atoms with Gasteiger partial charge in [-0.25, -0.2) is 4.79 Å². The topological polar surface area (TPSA) is 49.4 Å². The Morgan fingerprint density at radius 1 is 1.56 bits per heavy atom. The molecule has 4 nitrogen and oxygen atoms in total. The van der Waals surface area contributed by atoms with Crippen LogP contribution in [-0.4, -0.2) is 23.9 Å². The Hall–Kier alpha value is -0.330. The minimum Gasteiger partial charge on any atom is -0.280 e. The molecule has 5 heteroatoms. The normalized spacial score (nSPS) is 8.33. The maximum atomic E-state index is 10.5. The summed E-state index contributed by atoms with van der Waals surface area (Å²) in [4.78, 5) is 21.9. The smallest absolute Gasteiger partial charge is 0.280 e. The van der Waals surface area contributed by atoms with Gasteiger partial charge in [-0.2, -0.15) is 0 Å². The molecule has 0 aromatic carbocycles. The van der Waals surface area contributed by atoms with E-state index in [0.29, 0.717) is 0 Å². The summed E-state index contributed by atoms with van der Waals surface area (Å²) in [6.45, 7) is 1.33. The van der Waals surface area contributed by atoms with Gasteiger partial charge in [-0.05, 0) is 0 Å². The minimum absolute atomic E-state index is 0.274. The molecule has 3 amide bonds. The molecule has 0 bridgehead atoms. The average molecular weight is 242 g/mol. The summed E-state index contributed by atoms with van der Waals surface area (Å²) < 4.78 is 2.28. The minimum atomic E-state index is -0.400. The van der Waals surface area contributed by atoms with Gasteiger partial charge in [0.15, 0.2) is 0 Å². The Balaban J connectivity index is 3.88.